The van der Waals surface area contributed by atoms with Crippen LogP contribution in [-0.4, -0.2) is 58.4 Å². The zero-order chi connectivity index (χ0) is 15.1. The molecular formula is C17H29N3O. The topological polar surface area (TPSA) is 27.7 Å². The molecule has 2 rings (SSSR count). The fourth-order valence-corrected chi connectivity index (χ4v) is 2.92. The molecule has 1 unspecified atom stereocenters. The average molecular weight is 291 g/mol. The smallest absolute Gasteiger partial charge is 0.0587 e. The summed E-state index contributed by atoms with van der Waals surface area (Å²) in [6, 6.07) is 9.55. The predicted molar refractivity (Wildman–Crippen MR) is 88.9 cm³/mol. The van der Waals surface area contributed by atoms with Gasteiger partial charge in [0.05, 0.1) is 6.61 Å². The van der Waals surface area contributed by atoms with Crippen LogP contribution in [0.2, 0.25) is 0 Å². The Kier molecular flexibility index (Phi) is 6.49. The minimum Gasteiger partial charge on any atom is -0.383 e. The maximum absolute atomic E-state index is 5.03. The molecule has 0 radical (unpaired) electrons. The van der Waals surface area contributed by atoms with Crippen LogP contribution in [0, 0.1) is 0 Å². The number of rotatable bonds is 7. The molecule has 0 bridgehead atoms. The molecule has 0 amide bonds. The first-order chi connectivity index (χ1) is 10.2. The van der Waals surface area contributed by atoms with Crippen molar-refractivity contribution in [2.24, 2.45) is 0 Å². The third kappa shape index (κ3) is 4.99. The van der Waals surface area contributed by atoms with E-state index in [9.17, 15) is 0 Å². The van der Waals surface area contributed by atoms with Gasteiger partial charge in [0.25, 0.3) is 0 Å². The number of hydrogen-bond acceptors (Lipinski definition) is 4. The third-order valence-electron chi connectivity index (χ3n) is 4.30. The van der Waals surface area contributed by atoms with Crippen molar-refractivity contribution in [3.63, 3.8) is 0 Å². The summed E-state index contributed by atoms with van der Waals surface area (Å²) in [6.45, 7) is 4.95. The Labute approximate surface area is 129 Å². The average Bonchev–Trinajstić information content (AvgIpc) is 2.51. The first kappa shape index (κ1) is 16.3. The van der Waals surface area contributed by atoms with Gasteiger partial charge in [-0.15, -0.1) is 0 Å². The standard InChI is InChI=1S/C17H29N3O/c1-19-11-4-5-17(14-19)20(2)16-8-6-15(7-9-16)13-18-10-12-21-3/h6-9,17-18H,4-5,10-14H2,1-3H3. The number of methoxy groups -OCH3 is 1. The summed E-state index contributed by atoms with van der Waals surface area (Å²) in [6.07, 6.45) is 2.59. The van der Waals surface area contributed by atoms with Gasteiger partial charge in [0.15, 0.2) is 0 Å². The van der Waals surface area contributed by atoms with Gasteiger partial charge in [0.2, 0.25) is 0 Å². The van der Waals surface area contributed by atoms with Crippen molar-refractivity contribution < 1.29 is 4.74 Å². The van der Waals surface area contributed by atoms with Crippen molar-refractivity contribution in [1.29, 1.82) is 0 Å². The number of likely N-dealkylation sites (N-methyl/N-ethyl adjacent to an activating group) is 2. The van der Waals surface area contributed by atoms with E-state index >= 15 is 0 Å². The van der Waals surface area contributed by atoms with Crippen molar-refractivity contribution in [3.05, 3.63) is 29.8 Å². The van der Waals surface area contributed by atoms with Crippen LogP contribution in [0.25, 0.3) is 0 Å². The molecule has 1 N–H and O–H groups in total. The van der Waals surface area contributed by atoms with E-state index in [0.717, 1.165) is 26.2 Å². The Morgan fingerprint density at radius 2 is 2.10 bits per heavy atom. The van der Waals surface area contributed by atoms with E-state index in [1.807, 2.05) is 0 Å². The lowest BCUT2D eigenvalue weighted by Crippen LogP contribution is -2.45. The van der Waals surface area contributed by atoms with Crippen molar-refractivity contribution in [2.75, 3.05) is 52.3 Å². The lowest BCUT2D eigenvalue weighted by atomic mass is 10.0. The predicted octanol–water partition coefficient (Wildman–Crippen LogP) is 1.95. The molecule has 4 nitrogen and oxygen atoms in total. The van der Waals surface area contributed by atoms with Crippen LogP contribution in [0.1, 0.15) is 18.4 Å². The molecule has 1 aliphatic rings. The zero-order valence-electron chi connectivity index (χ0n) is 13.6. The normalized spacial score (nSPS) is 19.7. The Bertz CT molecular complexity index is 407. The van der Waals surface area contributed by atoms with E-state index in [4.69, 9.17) is 4.74 Å². The Hall–Kier alpha value is -1.10. The van der Waals surface area contributed by atoms with Gasteiger partial charge < -0.3 is 19.9 Å². The number of benzene rings is 1. The highest BCUT2D eigenvalue weighted by molar-refractivity contribution is 5.48. The summed E-state index contributed by atoms with van der Waals surface area (Å²) in [5.74, 6) is 0. The van der Waals surface area contributed by atoms with Gasteiger partial charge in [-0.25, -0.2) is 0 Å². The van der Waals surface area contributed by atoms with Crippen molar-refractivity contribution in [2.45, 2.75) is 25.4 Å². The summed E-state index contributed by atoms with van der Waals surface area (Å²) in [7, 11) is 6.17. The zero-order valence-corrected chi connectivity index (χ0v) is 13.6. The summed E-state index contributed by atoms with van der Waals surface area (Å²) in [4.78, 5) is 4.86. The van der Waals surface area contributed by atoms with E-state index in [2.05, 4.69) is 53.5 Å². The first-order valence-electron chi connectivity index (χ1n) is 7.90. The van der Waals surface area contributed by atoms with Gasteiger partial charge >= 0.3 is 0 Å². The second kappa shape index (κ2) is 8.37. The molecule has 1 heterocycles. The lowest BCUT2D eigenvalue weighted by Gasteiger charge is -2.37. The molecule has 4 heteroatoms. The SMILES string of the molecule is COCCNCc1ccc(N(C)C2CCCN(C)C2)cc1. The minimum atomic E-state index is 0.634. The number of likely N-dealkylation sites (tertiary alicyclic amines) is 1. The molecule has 1 saturated heterocycles. The molecule has 1 aliphatic heterocycles. The van der Waals surface area contributed by atoms with E-state index in [-0.39, 0.29) is 0 Å². The highest BCUT2D eigenvalue weighted by Gasteiger charge is 2.21. The number of hydrogen-bond donors (Lipinski definition) is 1. The van der Waals surface area contributed by atoms with Crippen molar-refractivity contribution in [1.82, 2.24) is 10.2 Å². The Morgan fingerprint density at radius 3 is 2.76 bits per heavy atom. The van der Waals surface area contributed by atoms with Crippen LogP contribution in [0.4, 0.5) is 5.69 Å². The molecule has 21 heavy (non-hydrogen) atoms. The third-order valence-corrected chi connectivity index (χ3v) is 4.30. The summed E-state index contributed by atoms with van der Waals surface area (Å²) in [5.41, 5.74) is 2.64. The Balaban J connectivity index is 1.85. The number of anilines is 1. The van der Waals surface area contributed by atoms with E-state index in [1.165, 1.54) is 30.6 Å². The summed E-state index contributed by atoms with van der Waals surface area (Å²) >= 11 is 0. The molecule has 0 spiro atoms. The molecular weight excluding hydrogens is 262 g/mol. The maximum atomic E-state index is 5.03. The monoisotopic (exact) mass is 291 g/mol. The fourth-order valence-electron chi connectivity index (χ4n) is 2.92. The van der Waals surface area contributed by atoms with Crippen LogP contribution in [0.5, 0.6) is 0 Å². The first-order valence-corrected chi connectivity index (χ1v) is 7.90. The van der Waals surface area contributed by atoms with Gasteiger partial charge in [0.1, 0.15) is 0 Å². The number of nitrogens with zero attached hydrogens (tertiary/aromatic N) is 2. The maximum Gasteiger partial charge on any atom is 0.0587 e. The van der Waals surface area contributed by atoms with Crippen LogP contribution in [0.3, 0.4) is 0 Å². The lowest BCUT2D eigenvalue weighted by molar-refractivity contribution is 0.199. The van der Waals surface area contributed by atoms with Gasteiger partial charge in [0, 0.05) is 45.5 Å². The minimum absolute atomic E-state index is 0.634. The van der Waals surface area contributed by atoms with Crippen molar-refractivity contribution >= 4 is 5.69 Å². The molecule has 0 aliphatic carbocycles. The highest BCUT2D eigenvalue weighted by atomic mass is 16.5. The quantitative estimate of drug-likeness (QED) is 0.777. The van der Waals surface area contributed by atoms with Gasteiger partial charge in [-0.1, -0.05) is 12.1 Å². The summed E-state index contributed by atoms with van der Waals surface area (Å²) < 4.78 is 5.03. The van der Waals surface area contributed by atoms with Crippen LogP contribution < -0.4 is 10.2 Å². The number of piperidine rings is 1. The van der Waals surface area contributed by atoms with Crippen LogP contribution in [-0.2, 0) is 11.3 Å². The molecule has 0 aromatic heterocycles. The number of ether oxygens (including phenoxy) is 1. The molecule has 1 aromatic carbocycles. The fraction of sp³-hybridized carbons (Fsp3) is 0.647. The van der Waals surface area contributed by atoms with E-state index < -0.39 is 0 Å². The second-order valence-corrected chi connectivity index (χ2v) is 6.01. The molecule has 1 atom stereocenters. The largest absolute Gasteiger partial charge is 0.383 e. The van der Waals surface area contributed by atoms with Crippen molar-refractivity contribution in [3.8, 4) is 0 Å². The van der Waals surface area contributed by atoms with Crippen LogP contribution >= 0.6 is 0 Å². The van der Waals surface area contributed by atoms with E-state index in [0.29, 0.717) is 6.04 Å². The Morgan fingerprint density at radius 1 is 1.33 bits per heavy atom. The van der Waals surface area contributed by atoms with Gasteiger partial charge in [-0.2, -0.15) is 0 Å². The molecule has 1 aromatic rings. The van der Waals surface area contributed by atoms with Crippen LogP contribution in [0.15, 0.2) is 24.3 Å². The highest BCUT2D eigenvalue weighted by Crippen LogP contribution is 2.21. The van der Waals surface area contributed by atoms with Gasteiger partial charge in [-0.3, -0.25) is 0 Å². The second-order valence-electron chi connectivity index (χ2n) is 6.01. The molecule has 118 valence electrons. The molecule has 1 fully saturated rings. The van der Waals surface area contributed by atoms with E-state index in [1.54, 1.807) is 7.11 Å². The molecule has 0 saturated carbocycles. The van der Waals surface area contributed by atoms with Gasteiger partial charge in [-0.05, 0) is 44.1 Å². The number of nitrogens with one attached hydrogen (secondary N) is 1. The summed E-state index contributed by atoms with van der Waals surface area (Å²) in [5, 5.41) is 3.38.